The Morgan fingerprint density at radius 1 is 0.595 bits per heavy atom. The fraction of sp³-hybridized carbons (Fsp3) is 0.371. The maximum Gasteiger partial charge on any atom is 0.264 e. The molecular formula is C70H71BN2S. The molecule has 370 valence electrons. The summed E-state index contributed by atoms with van der Waals surface area (Å²) in [6.07, 6.45) is 14.6. The van der Waals surface area contributed by atoms with Gasteiger partial charge in [-0.25, -0.2) is 0 Å². The number of hydrogen-bond donors (Lipinski definition) is 0. The van der Waals surface area contributed by atoms with E-state index in [0.29, 0.717) is 11.8 Å². The van der Waals surface area contributed by atoms with Crippen LogP contribution in [0.5, 0.6) is 0 Å². The van der Waals surface area contributed by atoms with Crippen molar-refractivity contribution in [1.29, 1.82) is 0 Å². The summed E-state index contributed by atoms with van der Waals surface area (Å²) in [7, 11) is 0. The van der Waals surface area contributed by atoms with Crippen LogP contribution in [0.15, 0.2) is 133 Å². The Morgan fingerprint density at radius 3 is 1.97 bits per heavy atom. The average Bonchev–Trinajstić information content (AvgIpc) is 4.26. The summed E-state index contributed by atoms with van der Waals surface area (Å²) >= 11 is 2.07. The third kappa shape index (κ3) is 6.48. The average molecular weight is 983 g/mol. The highest BCUT2D eigenvalue weighted by Crippen LogP contribution is 2.66. The predicted molar refractivity (Wildman–Crippen MR) is 317 cm³/mol. The Bertz CT molecular complexity index is 3640. The van der Waals surface area contributed by atoms with Crippen LogP contribution in [0.2, 0.25) is 0 Å². The zero-order valence-electron chi connectivity index (χ0n) is 45.1. The molecule has 3 saturated carbocycles. The lowest BCUT2D eigenvalue weighted by Gasteiger charge is -2.44. The van der Waals surface area contributed by atoms with Gasteiger partial charge in [0, 0.05) is 48.7 Å². The van der Waals surface area contributed by atoms with Crippen LogP contribution in [0.3, 0.4) is 0 Å². The summed E-state index contributed by atoms with van der Waals surface area (Å²) in [5.41, 5.74) is 26.9. The number of thiophene rings is 1. The maximum absolute atomic E-state index is 2.71. The molecule has 5 aliphatic carbocycles. The van der Waals surface area contributed by atoms with Gasteiger partial charge in [-0.3, -0.25) is 0 Å². The number of rotatable bonds is 4. The van der Waals surface area contributed by atoms with E-state index >= 15 is 0 Å². The largest absolute Gasteiger partial charge is 0.311 e. The number of nitrogens with zero attached hydrogens (tertiary/aromatic N) is 2. The molecule has 0 N–H and O–H groups in total. The third-order valence-electron chi connectivity index (χ3n) is 20.4. The second kappa shape index (κ2) is 15.9. The van der Waals surface area contributed by atoms with Gasteiger partial charge in [0.05, 0.1) is 5.69 Å². The Morgan fingerprint density at radius 2 is 1.27 bits per heavy atom. The van der Waals surface area contributed by atoms with Crippen LogP contribution in [0.4, 0.5) is 34.1 Å². The molecule has 2 aliphatic heterocycles. The van der Waals surface area contributed by atoms with Crippen molar-refractivity contribution in [2.24, 2.45) is 11.8 Å². The molecule has 7 aromatic carbocycles. The van der Waals surface area contributed by atoms with Gasteiger partial charge in [-0.2, -0.15) is 0 Å². The fourth-order valence-electron chi connectivity index (χ4n) is 16.4. The van der Waals surface area contributed by atoms with E-state index in [4.69, 9.17) is 0 Å². The van der Waals surface area contributed by atoms with Crippen LogP contribution in [0, 0.1) is 18.8 Å². The molecule has 2 bridgehead atoms. The first-order chi connectivity index (χ1) is 35.7. The molecule has 1 aromatic heterocycles. The van der Waals surface area contributed by atoms with Gasteiger partial charge in [0.15, 0.2) is 0 Å². The van der Waals surface area contributed by atoms with Crippen molar-refractivity contribution in [1.82, 2.24) is 0 Å². The molecule has 3 fully saturated rings. The molecule has 74 heavy (non-hydrogen) atoms. The number of fused-ring (bicyclic) bond motifs is 15. The predicted octanol–water partition coefficient (Wildman–Crippen LogP) is 17.7. The molecule has 3 heterocycles. The summed E-state index contributed by atoms with van der Waals surface area (Å²) in [5.74, 6) is 2.24. The smallest absolute Gasteiger partial charge is 0.264 e. The monoisotopic (exact) mass is 983 g/mol. The topological polar surface area (TPSA) is 6.48 Å². The molecule has 4 heteroatoms. The first kappa shape index (κ1) is 45.5. The van der Waals surface area contributed by atoms with Crippen molar-refractivity contribution in [2.45, 2.75) is 154 Å². The number of anilines is 6. The minimum absolute atomic E-state index is 0.0123. The number of hydrogen-bond acceptors (Lipinski definition) is 3. The minimum Gasteiger partial charge on any atom is -0.311 e. The van der Waals surface area contributed by atoms with E-state index in [2.05, 4.69) is 210 Å². The van der Waals surface area contributed by atoms with Crippen LogP contribution in [0.1, 0.15) is 164 Å². The number of aryl methyl sites for hydroxylation is 1. The van der Waals surface area contributed by atoms with Crippen molar-refractivity contribution in [3.8, 4) is 22.3 Å². The van der Waals surface area contributed by atoms with Gasteiger partial charge in [-0.15, -0.1) is 11.3 Å². The fourth-order valence-corrected chi connectivity index (χ4v) is 17.7. The lowest BCUT2D eigenvalue weighted by atomic mass is 9.36. The lowest BCUT2D eigenvalue weighted by Crippen LogP contribution is -2.60. The third-order valence-corrected chi connectivity index (χ3v) is 21.6. The van der Waals surface area contributed by atoms with E-state index in [-0.39, 0.29) is 28.4 Å². The molecule has 7 aliphatic rings. The van der Waals surface area contributed by atoms with Crippen LogP contribution in [-0.4, -0.2) is 6.71 Å². The Hall–Kier alpha value is -5.84. The molecule has 0 amide bonds. The first-order valence-electron chi connectivity index (χ1n) is 28.6. The molecule has 0 radical (unpaired) electrons. The van der Waals surface area contributed by atoms with Gasteiger partial charge in [-0.1, -0.05) is 153 Å². The SMILES string of the molecule is Cc1cc2c3c(c1)N(c1ccc(-c4ccc(C5CCCCC5)cc4)cc1)c1c(sc4cc5c(cc14)C(C)(C)CCC5(C)C)B3c1cc(C(C)(C)C)ccc1N2c1ccc2c(c1)C1(CC3CCC1C3)c1ccccc1-2. The van der Waals surface area contributed by atoms with E-state index in [1.54, 1.807) is 11.1 Å². The van der Waals surface area contributed by atoms with Crippen LogP contribution in [0.25, 0.3) is 32.3 Å². The van der Waals surface area contributed by atoms with E-state index in [1.165, 1.54) is 181 Å². The molecule has 3 unspecified atom stereocenters. The van der Waals surface area contributed by atoms with E-state index in [0.717, 1.165) is 5.92 Å². The normalized spacial score (nSPS) is 22.7. The zero-order valence-corrected chi connectivity index (χ0v) is 45.9. The van der Waals surface area contributed by atoms with E-state index < -0.39 is 0 Å². The highest BCUT2D eigenvalue weighted by atomic mass is 32.1. The Balaban J connectivity index is 0.960. The Labute approximate surface area is 445 Å². The molecule has 3 atom stereocenters. The number of benzene rings is 7. The van der Waals surface area contributed by atoms with Crippen LogP contribution >= 0.6 is 11.3 Å². The van der Waals surface area contributed by atoms with Crippen molar-refractivity contribution in [2.75, 3.05) is 9.80 Å². The summed E-state index contributed by atoms with van der Waals surface area (Å²) in [4.78, 5) is 5.41. The first-order valence-corrected chi connectivity index (χ1v) is 29.4. The van der Waals surface area contributed by atoms with E-state index in [9.17, 15) is 0 Å². The molecule has 2 nitrogen and oxygen atoms in total. The van der Waals surface area contributed by atoms with Gasteiger partial charge in [-0.05, 0) is 213 Å². The van der Waals surface area contributed by atoms with Gasteiger partial charge in [0.25, 0.3) is 6.71 Å². The maximum atomic E-state index is 2.71. The van der Waals surface area contributed by atoms with Crippen molar-refractivity contribution in [3.05, 3.63) is 172 Å². The van der Waals surface area contributed by atoms with Gasteiger partial charge >= 0.3 is 0 Å². The molecule has 15 rings (SSSR count). The summed E-state index contributed by atoms with van der Waals surface area (Å²) in [5, 5.41) is 1.40. The van der Waals surface area contributed by atoms with Crippen molar-refractivity contribution < 1.29 is 0 Å². The Kier molecular flexibility index (Phi) is 9.76. The lowest BCUT2D eigenvalue weighted by molar-refractivity contribution is 0.327. The second-order valence-electron chi connectivity index (χ2n) is 26.7. The van der Waals surface area contributed by atoms with E-state index in [1.807, 2.05) is 0 Å². The quantitative estimate of drug-likeness (QED) is 0.162. The molecule has 1 spiro atoms. The molecule has 0 saturated heterocycles. The van der Waals surface area contributed by atoms with Crippen LogP contribution < -0.4 is 25.5 Å². The summed E-state index contributed by atoms with van der Waals surface area (Å²) in [6, 6.07) is 54.3. The zero-order chi connectivity index (χ0) is 50.2. The van der Waals surface area contributed by atoms with Crippen molar-refractivity contribution in [3.63, 3.8) is 0 Å². The van der Waals surface area contributed by atoms with Gasteiger partial charge in [0.1, 0.15) is 0 Å². The van der Waals surface area contributed by atoms with Gasteiger partial charge in [0.2, 0.25) is 0 Å². The molecular weight excluding hydrogens is 912 g/mol. The highest BCUT2D eigenvalue weighted by molar-refractivity contribution is 7.33. The highest BCUT2D eigenvalue weighted by Gasteiger charge is 2.57. The summed E-state index contributed by atoms with van der Waals surface area (Å²) < 4.78 is 2.88. The van der Waals surface area contributed by atoms with Gasteiger partial charge < -0.3 is 9.80 Å². The minimum atomic E-state index is -0.0123. The van der Waals surface area contributed by atoms with Crippen molar-refractivity contribution >= 4 is 78.0 Å². The summed E-state index contributed by atoms with van der Waals surface area (Å²) in [6.45, 7) is 19.5. The van der Waals surface area contributed by atoms with Crippen LogP contribution in [-0.2, 0) is 21.7 Å². The second-order valence-corrected chi connectivity index (χ2v) is 27.7. The standard InChI is InChI=1S/C70H71BN2S/c1-42-34-61-64-62(35-42)73(50-27-23-47(24-28-50)46-21-19-45(20-22-46)44-14-10-9-11-15-44)65-54-39-57-58(69(7,8)33-32-68(57,5)6)40-63(54)74-66(65)71(64)59-37-48(67(2,3)4)26-31-60(59)72(61)51-29-30-53-52-16-12-13-17-55(52)70(56(53)38-51)41-43-18-25-49(70)36-43/h12-13,16-17,19-24,26-31,34-35,37-40,43-44,49H,9-11,14-15,18,25,32-33,36,41H2,1-8H3. The molecule has 8 aromatic rings.